The minimum atomic E-state index is -0.472. The van der Waals surface area contributed by atoms with Gasteiger partial charge in [0.1, 0.15) is 18.2 Å². The molecule has 1 N–H and O–H groups in total. The van der Waals surface area contributed by atoms with Crippen LogP contribution in [0.5, 0.6) is 5.75 Å². The number of nitrogens with one attached hydrogen (secondary N) is 1. The normalized spacial score (nSPS) is 15.8. The summed E-state index contributed by atoms with van der Waals surface area (Å²) in [5.41, 5.74) is 1.31. The predicted molar refractivity (Wildman–Crippen MR) is 107 cm³/mol. The summed E-state index contributed by atoms with van der Waals surface area (Å²) < 4.78 is 7.41. The number of fused-ring (bicyclic) bond motifs is 1. The number of ether oxygens (including phenoxy) is 1. The largest absolute Gasteiger partial charge is 1.00 e. The quantitative estimate of drug-likeness (QED) is 0.545. The predicted octanol–water partition coefficient (Wildman–Crippen LogP) is -0.477. The van der Waals surface area contributed by atoms with Gasteiger partial charge in [0.25, 0.3) is 10.8 Å². The molecule has 1 aliphatic rings. The van der Waals surface area contributed by atoms with E-state index in [1.54, 1.807) is 31.3 Å². The van der Waals surface area contributed by atoms with Crippen LogP contribution in [0.1, 0.15) is 12.8 Å². The second kappa shape index (κ2) is 9.54. The number of para-hydroxylation sites is 2. The van der Waals surface area contributed by atoms with Crippen molar-refractivity contribution in [1.29, 1.82) is 0 Å². The number of thioether (sulfide) groups is 1. The van der Waals surface area contributed by atoms with E-state index in [9.17, 15) is 14.4 Å². The van der Waals surface area contributed by atoms with Crippen LogP contribution in [0, 0.1) is 0 Å². The molecule has 2 aromatic carbocycles. The van der Waals surface area contributed by atoms with Crippen LogP contribution >= 0.6 is 11.8 Å². The number of nitrogens with zero attached hydrogens (tertiary/aromatic N) is 2. The van der Waals surface area contributed by atoms with Gasteiger partial charge in [0.2, 0.25) is 5.91 Å². The maximum atomic E-state index is 12.5. The SMILES string of the molecule is Cn1c(COc2ccccc2CC2SC(=O)NC2=O)nc2ccccc2c1=O.[H-].[K+]. The van der Waals surface area contributed by atoms with Crippen LogP contribution in [-0.4, -0.2) is 25.9 Å². The molecule has 0 spiro atoms. The first-order chi connectivity index (χ1) is 13.5. The molecule has 1 aliphatic heterocycles. The molecule has 0 radical (unpaired) electrons. The van der Waals surface area contributed by atoms with Crippen LogP contribution in [0.25, 0.3) is 10.9 Å². The molecule has 1 atom stereocenters. The third-order valence-corrected chi connectivity index (χ3v) is 5.56. The van der Waals surface area contributed by atoms with E-state index in [1.807, 2.05) is 24.3 Å². The van der Waals surface area contributed by atoms with Gasteiger partial charge in [-0.3, -0.25) is 24.3 Å². The van der Waals surface area contributed by atoms with Gasteiger partial charge < -0.3 is 6.16 Å². The Kier molecular flexibility index (Phi) is 7.31. The average Bonchev–Trinajstić information content (AvgIpc) is 3.01. The van der Waals surface area contributed by atoms with Crippen molar-refractivity contribution in [1.82, 2.24) is 14.9 Å². The molecule has 4 rings (SSSR count). The number of hydrogen-bond donors (Lipinski definition) is 1. The first-order valence-electron chi connectivity index (χ1n) is 8.70. The second-order valence-electron chi connectivity index (χ2n) is 6.39. The molecule has 1 unspecified atom stereocenters. The zero-order valence-corrected chi connectivity index (χ0v) is 20.0. The Labute approximate surface area is 215 Å². The van der Waals surface area contributed by atoms with Gasteiger partial charge in [0, 0.05) is 7.05 Å². The van der Waals surface area contributed by atoms with Crippen molar-refractivity contribution in [3.8, 4) is 5.75 Å². The summed E-state index contributed by atoms with van der Waals surface area (Å²) in [5.74, 6) is 0.808. The fourth-order valence-corrected chi connectivity index (χ4v) is 3.92. The molecule has 0 bridgehead atoms. The molecule has 0 saturated carbocycles. The number of hydrogen-bond acceptors (Lipinski definition) is 6. The summed E-state index contributed by atoms with van der Waals surface area (Å²) in [6, 6.07) is 14.5. The molecular weight excluding hydrogens is 417 g/mol. The molecule has 2 heterocycles. The Hall–Kier alpha value is -1.49. The third-order valence-electron chi connectivity index (χ3n) is 4.58. The van der Waals surface area contributed by atoms with Crippen molar-refractivity contribution >= 4 is 33.8 Å². The fraction of sp³-hybridized carbons (Fsp3) is 0.200. The molecule has 1 saturated heterocycles. The van der Waals surface area contributed by atoms with Gasteiger partial charge in [-0.15, -0.1) is 0 Å². The van der Waals surface area contributed by atoms with E-state index in [1.165, 1.54) is 4.57 Å². The van der Waals surface area contributed by atoms with Crippen molar-refractivity contribution in [2.24, 2.45) is 7.05 Å². The Bertz CT molecular complexity index is 1150. The van der Waals surface area contributed by atoms with Gasteiger partial charge in [0.05, 0.1) is 16.2 Å². The smallest absolute Gasteiger partial charge is 1.00 e. The van der Waals surface area contributed by atoms with Crippen LogP contribution in [-0.2, 0) is 24.9 Å². The zero-order chi connectivity index (χ0) is 19.7. The molecule has 3 aromatic rings. The maximum Gasteiger partial charge on any atom is 1.00 e. The van der Waals surface area contributed by atoms with E-state index in [4.69, 9.17) is 4.74 Å². The van der Waals surface area contributed by atoms with E-state index in [-0.39, 0.29) is 76.1 Å². The van der Waals surface area contributed by atoms with Crippen LogP contribution in [0.4, 0.5) is 4.79 Å². The molecular formula is C20H18KN3O4S. The van der Waals surface area contributed by atoms with Crippen molar-refractivity contribution in [3.63, 3.8) is 0 Å². The first kappa shape index (κ1) is 22.2. The van der Waals surface area contributed by atoms with Gasteiger partial charge in [-0.25, -0.2) is 4.98 Å². The van der Waals surface area contributed by atoms with E-state index < -0.39 is 5.25 Å². The monoisotopic (exact) mass is 435 g/mol. The van der Waals surface area contributed by atoms with Crippen LogP contribution in [0.3, 0.4) is 0 Å². The molecule has 29 heavy (non-hydrogen) atoms. The van der Waals surface area contributed by atoms with E-state index >= 15 is 0 Å². The standard InChI is InChI=1S/C20H17N3O4S.K.H/c1-23-17(21-14-8-4-3-7-13(14)19(23)25)11-27-15-9-5-2-6-12(15)10-16-18(24)22-20(26)28-16;;/h2-9,16H,10-11H2,1H3,(H,22,24,26);;/q;+1;-1. The van der Waals surface area contributed by atoms with Gasteiger partial charge >= 0.3 is 51.4 Å². The number of carbonyl (C=O) groups excluding carboxylic acids is 2. The maximum absolute atomic E-state index is 12.5. The van der Waals surface area contributed by atoms with Crippen molar-refractivity contribution < 1.29 is 67.1 Å². The molecule has 144 valence electrons. The summed E-state index contributed by atoms with van der Waals surface area (Å²) in [4.78, 5) is 40.3. The third kappa shape index (κ3) is 4.81. The number of amides is 2. The van der Waals surface area contributed by atoms with E-state index in [0.717, 1.165) is 17.3 Å². The molecule has 1 fully saturated rings. The molecule has 2 amide bonds. The second-order valence-corrected chi connectivity index (χ2v) is 7.57. The average molecular weight is 436 g/mol. The Morgan fingerprint density at radius 2 is 1.86 bits per heavy atom. The topological polar surface area (TPSA) is 90.3 Å². The summed E-state index contributed by atoms with van der Waals surface area (Å²) in [5, 5.41) is 2.05. The Morgan fingerprint density at radius 3 is 2.62 bits per heavy atom. The Morgan fingerprint density at radius 1 is 1.14 bits per heavy atom. The zero-order valence-electron chi connectivity index (χ0n) is 17.0. The minimum absolute atomic E-state index is 0. The van der Waals surface area contributed by atoms with Crippen LogP contribution < -0.4 is 67.0 Å². The molecule has 7 nitrogen and oxygen atoms in total. The number of carbonyl (C=O) groups is 2. The summed E-state index contributed by atoms with van der Waals surface area (Å²) in [6.07, 6.45) is 0.377. The van der Waals surface area contributed by atoms with Crippen molar-refractivity contribution in [3.05, 3.63) is 70.3 Å². The number of imide groups is 1. The number of aromatic nitrogens is 2. The summed E-state index contributed by atoms with van der Waals surface area (Å²) in [7, 11) is 1.66. The first-order valence-corrected chi connectivity index (χ1v) is 9.58. The minimum Gasteiger partial charge on any atom is -1.00 e. The number of benzene rings is 2. The van der Waals surface area contributed by atoms with Gasteiger partial charge in [-0.1, -0.05) is 42.1 Å². The summed E-state index contributed by atoms with van der Waals surface area (Å²) in [6.45, 7) is 0.108. The van der Waals surface area contributed by atoms with Gasteiger partial charge in [0.15, 0.2) is 0 Å². The van der Waals surface area contributed by atoms with E-state index in [0.29, 0.717) is 28.9 Å². The van der Waals surface area contributed by atoms with Gasteiger partial charge in [-0.2, -0.15) is 0 Å². The molecule has 0 aliphatic carbocycles. The fourth-order valence-electron chi connectivity index (χ4n) is 3.08. The molecule has 9 heteroatoms. The number of rotatable bonds is 5. The Balaban J connectivity index is 0.00000160. The summed E-state index contributed by atoms with van der Waals surface area (Å²) >= 11 is 0.985. The van der Waals surface area contributed by atoms with Crippen molar-refractivity contribution in [2.45, 2.75) is 18.3 Å². The van der Waals surface area contributed by atoms with Crippen molar-refractivity contribution in [2.75, 3.05) is 0 Å². The van der Waals surface area contributed by atoms with Gasteiger partial charge in [-0.05, 0) is 30.2 Å². The molecule has 1 aromatic heterocycles. The van der Waals surface area contributed by atoms with Crippen LogP contribution in [0.2, 0.25) is 0 Å². The van der Waals surface area contributed by atoms with E-state index in [2.05, 4.69) is 10.3 Å². The van der Waals surface area contributed by atoms with Crippen LogP contribution in [0.15, 0.2) is 53.3 Å².